The Kier molecular flexibility index (Phi) is 15.4. The van der Waals surface area contributed by atoms with E-state index in [9.17, 15) is 41.8 Å². The second-order valence-electron chi connectivity index (χ2n) is 11.3. The molecular weight excluding hydrogens is 574 g/mol. The van der Waals surface area contributed by atoms with Crippen LogP contribution in [0.5, 0.6) is 5.75 Å². The van der Waals surface area contributed by atoms with E-state index in [1.807, 2.05) is 13.8 Å². The van der Waals surface area contributed by atoms with Gasteiger partial charge < -0.3 is 31.7 Å². The standard InChI is InChI=1S/C29H45F4N5O5/c1-8-10-18(27(41)36-17(11-14(3)4)13-35-16(7)26(40)34-9-2)37-28(42)19(12-15(5)6)38-29(43)20-21(30)23(32)25(39)24(33)22(20)31/h14-19,35,39H,8-13H2,1-7H3,(H,34,40)(H,36,41)(H,37,42)(H,38,43)/t16-,17-,18-,19-/m0/s1. The van der Waals surface area contributed by atoms with Crippen LogP contribution >= 0.6 is 0 Å². The molecule has 10 nitrogen and oxygen atoms in total. The van der Waals surface area contributed by atoms with Gasteiger partial charge in [-0.2, -0.15) is 8.78 Å². The van der Waals surface area contributed by atoms with Gasteiger partial charge in [0, 0.05) is 19.1 Å². The summed E-state index contributed by atoms with van der Waals surface area (Å²) < 4.78 is 56.3. The van der Waals surface area contributed by atoms with Crippen LogP contribution in [0, 0.1) is 35.1 Å². The van der Waals surface area contributed by atoms with E-state index < -0.39 is 76.5 Å². The van der Waals surface area contributed by atoms with Gasteiger partial charge in [-0.05, 0) is 44.9 Å². The summed E-state index contributed by atoms with van der Waals surface area (Å²) in [4.78, 5) is 51.4. The van der Waals surface area contributed by atoms with Crippen molar-refractivity contribution in [2.45, 2.75) is 98.3 Å². The average molecular weight is 620 g/mol. The lowest BCUT2D eigenvalue weighted by molar-refractivity contribution is -0.130. The van der Waals surface area contributed by atoms with Gasteiger partial charge in [-0.1, -0.05) is 41.0 Å². The Balaban J connectivity index is 3.13. The van der Waals surface area contributed by atoms with E-state index in [0.717, 1.165) is 0 Å². The first-order valence-corrected chi connectivity index (χ1v) is 14.5. The first-order chi connectivity index (χ1) is 20.0. The summed E-state index contributed by atoms with van der Waals surface area (Å²) in [6.07, 6.45) is 1.23. The predicted octanol–water partition coefficient (Wildman–Crippen LogP) is 3.02. The monoisotopic (exact) mass is 619 g/mol. The van der Waals surface area contributed by atoms with Gasteiger partial charge in [-0.15, -0.1) is 0 Å². The fourth-order valence-electron chi connectivity index (χ4n) is 4.39. The highest BCUT2D eigenvalue weighted by Crippen LogP contribution is 2.29. The zero-order valence-electron chi connectivity index (χ0n) is 25.8. The summed E-state index contributed by atoms with van der Waals surface area (Å²) in [5.74, 6) is -13.7. The number of nitrogens with one attached hydrogen (secondary N) is 5. The second kappa shape index (κ2) is 17.6. The summed E-state index contributed by atoms with van der Waals surface area (Å²) in [5.41, 5.74) is -1.64. The number of aromatic hydroxyl groups is 1. The molecule has 6 N–H and O–H groups in total. The Morgan fingerprint density at radius 2 is 1.26 bits per heavy atom. The van der Waals surface area contributed by atoms with Crippen LogP contribution in [0.15, 0.2) is 0 Å². The fraction of sp³-hybridized carbons (Fsp3) is 0.655. The van der Waals surface area contributed by atoms with Crippen molar-refractivity contribution in [3.05, 3.63) is 28.8 Å². The second-order valence-corrected chi connectivity index (χ2v) is 11.3. The number of halogens is 4. The van der Waals surface area contributed by atoms with Crippen molar-refractivity contribution in [3.63, 3.8) is 0 Å². The average Bonchev–Trinajstić information content (AvgIpc) is 2.92. The number of likely N-dealkylation sites (N-methyl/N-ethyl adjacent to an activating group) is 1. The third-order valence-electron chi connectivity index (χ3n) is 6.52. The topological polar surface area (TPSA) is 149 Å². The van der Waals surface area contributed by atoms with Crippen molar-refractivity contribution in [1.82, 2.24) is 26.6 Å². The van der Waals surface area contributed by atoms with Crippen LogP contribution in [0.2, 0.25) is 0 Å². The molecule has 0 bridgehead atoms. The van der Waals surface area contributed by atoms with Crippen molar-refractivity contribution < 1.29 is 41.8 Å². The minimum Gasteiger partial charge on any atom is -0.503 e. The molecule has 0 heterocycles. The molecule has 0 aliphatic carbocycles. The minimum absolute atomic E-state index is 0.0398. The van der Waals surface area contributed by atoms with Gasteiger partial charge in [0.25, 0.3) is 5.91 Å². The van der Waals surface area contributed by atoms with Gasteiger partial charge in [0.1, 0.15) is 17.6 Å². The molecule has 4 amide bonds. The third-order valence-corrected chi connectivity index (χ3v) is 6.52. The molecule has 14 heteroatoms. The molecule has 1 aromatic rings. The Labute approximate surface area is 250 Å². The molecule has 0 unspecified atom stereocenters. The van der Waals surface area contributed by atoms with Crippen LogP contribution in [0.4, 0.5) is 17.6 Å². The van der Waals surface area contributed by atoms with E-state index in [1.165, 1.54) is 0 Å². The molecule has 1 aromatic carbocycles. The minimum atomic E-state index is -2.15. The Bertz CT molecular complexity index is 1110. The molecule has 1 rings (SSSR count). The Morgan fingerprint density at radius 1 is 0.721 bits per heavy atom. The van der Waals surface area contributed by atoms with E-state index in [1.54, 1.807) is 34.6 Å². The Morgan fingerprint density at radius 3 is 1.74 bits per heavy atom. The highest BCUT2D eigenvalue weighted by molar-refractivity contribution is 5.99. The molecule has 0 fully saturated rings. The van der Waals surface area contributed by atoms with Crippen LogP contribution in [0.1, 0.15) is 84.5 Å². The van der Waals surface area contributed by atoms with E-state index >= 15 is 0 Å². The Hall–Kier alpha value is -3.42. The highest BCUT2D eigenvalue weighted by atomic mass is 19.2. The smallest absolute Gasteiger partial charge is 0.258 e. The fourth-order valence-corrected chi connectivity index (χ4v) is 4.39. The van der Waals surface area contributed by atoms with Gasteiger partial charge >= 0.3 is 0 Å². The zero-order valence-corrected chi connectivity index (χ0v) is 25.8. The number of carbonyl (C=O) groups excluding carboxylic acids is 4. The number of rotatable bonds is 17. The summed E-state index contributed by atoms with van der Waals surface area (Å²) in [6, 6.07) is -3.37. The summed E-state index contributed by atoms with van der Waals surface area (Å²) in [7, 11) is 0. The highest BCUT2D eigenvalue weighted by Gasteiger charge is 2.33. The summed E-state index contributed by atoms with van der Waals surface area (Å²) in [6.45, 7) is 13.4. The van der Waals surface area contributed by atoms with E-state index in [2.05, 4.69) is 26.6 Å². The quantitative estimate of drug-likeness (QED) is 0.117. The normalized spacial score (nSPS) is 14.2. The SMILES string of the molecule is CCC[C@H](NC(=O)[C@H](CC(C)C)NC(=O)c1c(F)c(F)c(O)c(F)c1F)C(=O)N[C@H](CN[C@@H](C)C(=O)NCC)CC(C)C. The maximum atomic E-state index is 14.3. The van der Waals surface area contributed by atoms with Crippen molar-refractivity contribution in [2.75, 3.05) is 13.1 Å². The van der Waals surface area contributed by atoms with Crippen molar-refractivity contribution in [2.24, 2.45) is 11.8 Å². The molecule has 244 valence electrons. The molecule has 0 saturated carbocycles. The molecule has 0 spiro atoms. The van der Waals surface area contributed by atoms with Crippen LogP contribution in [0.3, 0.4) is 0 Å². The van der Waals surface area contributed by atoms with Crippen LogP contribution in [0.25, 0.3) is 0 Å². The van der Waals surface area contributed by atoms with E-state index in [0.29, 0.717) is 19.4 Å². The van der Waals surface area contributed by atoms with E-state index in [4.69, 9.17) is 0 Å². The first-order valence-electron chi connectivity index (χ1n) is 14.5. The largest absolute Gasteiger partial charge is 0.503 e. The van der Waals surface area contributed by atoms with Crippen LogP contribution in [-0.2, 0) is 14.4 Å². The first kappa shape index (κ1) is 37.6. The maximum absolute atomic E-state index is 14.3. The molecule has 4 atom stereocenters. The molecule has 43 heavy (non-hydrogen) atoms. The van der Waals surface area contributed by atoms with Crippen LogP contribution < -0.4 is 26.6 Å². The maximum Gasteiger partial charge on any atom is 0.258 e. The molecule has 0 aromatic heterocycles. The van der Waals surface area contributed by atoms with Crippen LogP contribution in [-0.4, -0.2) is 66.0 Å². The van der Waals surface area contributed by atoms with Gasteiger partial charge in [0.05, 0.1) is 6.04 Å². The third kappa shape index (κ3) is 11.3. The summed E-state index contributed by atoms with van der Waals surface area (Å²) in [5, 5.41) is 22.6. The number of phenolic OH excluding ortho intramolecular Hbond substituents is 1. The number of hydrogen-bond donors (Lipinski definition) is 6. The molecular formula is C29H45F4N5O5. The van der Waals surface area contributed by atoms with Crippen molar-refractivity contribution >= 4 is 23.6 Å². The van der Waals surface area contributed by atoms with Gasteiger partial charge in [0.2, 0.25) is 29.4 Å². The number of amides is 4. The lowest BCUT2D eigenvalue weighted by Gasteiger charge is -2.27. The zero-order chi connectivity index (χ0) is 33.0. The number of benzene rings is 1. The molecule has 0 radical (unpaired) electrons. The van der Waals surface area contributed by atoms with Crippen molar-refractivity contribution in [1.29, 1.82) is 0 Å². The lowest BCUT2D eigenvalue weighted by Crippen LogP contribution is -2.56. The number of hydrogen-bond acceptors (Lipinski definition) is 6. The predicted molar refractivity (Wildman–Crippen MR) is 153 cm³/mol. The van der Waals surface area contributed by atoms with Gasteiger partial charge in [0.15, 0.2) is 17.4 Å². The van der Waals surface area contributed by atoms with E-state index in [-0.39, 0.29) is 37.1 Å². The van der Waals surface area contributed by atoms with Gasteiger partial charge in [-0.3, -0.25) is 19.2 Å². The van der Waals surface area contributed by atoms with Gasteiger partial charge in [-0.25, -0.2) is 8.78 Å². The number of phenols is 1. The number of carbonyl (C=O) groups is 4. The molecule has 0 aliphatic heterocycles. The lowest BCUT2D eigenvalue weighted by atomic mass is 10.0. The molecule has 0 saturated heterocycles. The van der Waals surface area contributed by atoms with Crippen molar-refractivity contribution in [3.8, 4) is 5.75 Å². The summed E-state index contributed by atoms with van der Waals surface area (Å²) >= 11 is 0. The molecule has 0 aliphatic rings.